The summed E-state index contributed by atoms with van der Waals surface area (Å²) in [7, 11) is 1.52. The normalized spacial score (nSPS) is 10.4. The first-order chi connectivity index (χ1) is 11.5. The molecule has 7 heteroatoms. The summed E-state index contributed by atoms with van der Waals surface area (Å²) in [6.45, 7) is 0. The number of nitrogens with two attached hydrogens (primary N) is 1. The monoisotopic (exact) mass is 386 g/mol. The van der Waals surface area contributed by atoms with Crippen LogP contribution < -0.4 is 15.8 Å². The second-order valence-corrected chi connectivity index (χ2v) is 5.88. The molecule has 0 saturated carbocycles. The average molecular weight is 387 g/mol. The Hall–Kier alpha value is -2.85. The Bertz CT molecular complexity index is 984. The summed E-state index contributed by atoms with van der Waals surface area (Å²) in [5.41, 5.74) is 8.57. The second kappa shape index (κ2) is 6.34. The van der Waals surface area contributed by atoms with Crippen molar-refractivity contribution in [3.05, 3.63) is 52.4 Å². The van der Waals surface area contributed by atoms with Crippen LogP contribution in [0.2, 0.25) is 0 Å². The maximum atomic E-state index is 13.4. The number of rotatable bonds is 3. The van der Waals surface area contributed by atoms with Crippen LogP contribution in [-0.4, -0.2) is 12.1 Å². The fourth-order valence-electron chi connectivity index (χ4n) is 2.35. The van der Waals surface area contributed by atoms with Gasteiger partial charge in [-0.15, -0.1) is 0 Å². The Balaban J connectivity index is 2.19. The van der Waals surface area contributed by atoms with Gasteiger partial charge in [-0.2, -0.15) is 5.26 Å². The highest BCUT2D eigenvalue weighted by Gasteiger charge is 2.13. The molecule has 0 fully saturated rings. The fraction of sp³-hybridized carbons (Fsp3) is 0.0588. The molecule has 3 rings (SSSR count). The van der Waals surface area contributed by atoms with Crippen LogP contribution in [-0.2, 0) is 0 Å². The third kappa shape index (κ3) is 2.84. The van der Waals surface area contributed by atoms with Gasteiger partial charge in [-0.3, -0.25) is 4.98 Å². The summed E-state index contributed by atoms with van der Waals surface area (Å²) in [6, 6.07) is 10.0. The van der Waals surface area contributed by atoms with Crippen molar-refractivity contribution in [2.24, 2.45) is 0 Å². The standard InChI is InChI=1S/C17H12BrFN4O/c1-24-16-6-15-11(5-14(16)21)17(9(7-20)8-22-15)23-10-2-3-13(19)12(18)4-10/h2-6,8H,21H2,1H3,(H,22,23). The zero-order valence-corrected chi connectivity index (χ0v) is 14.2. The molecule has 5 nitrogen and oxygen atoms in total. The Kier molecular flexibility index (Phi) is 4.23. The Morgan fingerprint density at radius 2 is 2.12 bits per heavy atom. The van der Waals surface area contributed by atoms with Crippen molar-refractivity contribution in [2.45, 2.75) is 0 Å². The number of benzene rings is 2. The maximum Gasteiger partial charge on any atom is 0.143 e. The number of nitrogens with zero attached hydrogens (tertiary/aromatic N) is 2. The lowest BCUT2D eigenvalue weighted by Crippen LogP contribution is -1.99. The minimum Gasteiger partial charge on any atom is -0.495 e. The zero-order valence-electron chi connectivity index (χ0n) is 12.6. The van der Waals surface area contributed by atoms with Gasteiger partial charge in [-0.05, 0) is 40.2 Å². The topological polar surface area (TPSA) is 84.0 Å². The van der Waals surface area contributed by atoms with Crippen LogP contribution in [0.25, 0.3) is 10.9 Å². The van der Waals surface area contributed by atoms with Crippen molar-refractivity contribution < 1.29 is 9.13 Å². The highest BCUT2D eigenvalue weighted by atomic mass is 79.9. The number of pyridine rings is 1. The lowest BCUT2D eigenvalue weighted by molar-refractivity contribution is 0.417. The van der Waals surface area contributed by atoms with Crippen LogP contribution in [0.5, 0.6) is 5.75 Å². The Morgan fingerprint density at radius 3 is 2.79 bits per heavy atom. The van der Waals surface area contributed by atoms with Gasteiger partial charge in [0.1, 0.15) is 17.6 Å². The van der Waals surface area contributed by atoms with Crippen LogP contribution >= 0.6 is 15.9 Å². The molecule has 0 bridgehead atoms. The minimum absolute atomic E-state index is 0.325. The number of nitrogens with one attached hydrogen (secondary N) is 1. The van der Waals surface area contributed by atoms with E-state index in [2.05, 4.69) is 32.3 Å². The van der Waals surface area contributed by atoms with Gasteiger partial charge in [0, 0.05) is 23.3 Å². The van der Waals surface area contributed by atoms with Gasteiger partial charge in [-0.25, -0.2) is 4.39 Å². The molecule has 3 aromatic rings. The highest BCUT2D eigenvalue weighted by molar-refractivity contribution is 9.10. The summed E-state index contributed by atoms with van der Waals surface area (Å²) in [5.74, 6) is 0.143. The number of aromatic nitrogens is 1. The smallest absolute Gasteiger partial charge is 0.143 e. The van der Waals surface area contributed by atoms with Gasteiger partial charge in [0.15, 0.2) is 0 Å². The summed E-state index contributed by atoms with van der Waals surface area (Å²) in [6.07, 6.45) is 1.47. The molecule has 0 aliphatic heterocycles. The van der Waals surface area contributed by atoms with Crippen molar-refractivity contribution in [3.63, 3.8) is 0 Å². The second-order valence-electron chi connectivity index (χ2n) is 5.02. The number of methoxy groups -OCH3 is 1. The first kappa shape index (κ1) is 16.0. The molecule has 0 atom stereocenters. The van der Waals surface area contributed by atoms with E-state index in [0.29, 0.717) is 43.8 Å². The number of halogens is 2. The van der Waals surface area contributed by atoms with Gasteiger partial charge in [0.05, 0.1) is 34.0 Å². The van der Waals surface area contributed by atoms with E-state index < -0.39 is 0 Å². The van der Waals surface area contributed by atoms with Crippen LogP contribution in [0.15, 0.2) is 41.0 Å². The fourth-order valence-corrected chi connectivity index (χ4v) is 2.73. The number of fused-ring (bicyclic) bond motifs is 1. The quantitative estimate of drug-likeness (QED) is 0.653. The summed E-state index contributed by atoms with van der Waals surface area (Å²) in [4.78, 5) is 4.27. The highest BCUT2D eigenvalue weighted by Crippen LogP contribution is 2.34. The molecule has 0 spiro atoms. The van der Waals surface area contributed by atoms with Crippen LogP contribution in [0, 0.1) is 17.1 Å². The summed E-state index contributed by atoms with van der Waals surface area (Å²) >= 11 is 3.15. The molecule has 1 aromatic heterocycles. The van der Waals surface area contributed by atoms with Crippen molar-refractivity contribution in [1.29, 1.82) is 5.26 Å². The van der Waals surface area contributed by atoms with E-state index in [4.69, 9.17) is 10.5 Å². The molecule has 0 aliphatic carbocycles. The molecule has 0 unspecified atom stereocenters. The lowest BCUT2D eigenvalue weighted by Gasteiger charge is -2.13. The number of hydrogen-bond donors (Lipinski definition) is 2. The number of hydrogen-bond acceptors (Lipinski definition) is 5. The molecule has 0 radical (unpaired) electrons. The van der Waals surface area contributed by atoms with Crippen LogP contribution in [0.4, 0.5) is 21.5 Å². The number of anilines is 3. The molecular weight excluding hydrogens is 375 g/mol. The Labute approximate surface area is 146 Å². The van der Waals surface area contributed by atoms with Gasteiger partial charge in [0.25, 0.3) is 0 Å². The largest absolute Gasteiger partial charge is 0.495 e. The molecular formula is C17H12BrFN4O. The molecule has 2 aromatic carbocycles. The maximum absolute atomic E-state index is 13.4. The van der Waals surface area contributed by atoms with E-state index in [1.807, 2.05) is 0 Å². The van der Waals surface area contributed by atoms with Crippen molar-refractivity contribution >= 4 is 43.9 Å². The van der Waals surface area contributed by atoms with Crippen molar-refractivity contribution in [1.82, 2.24) is 4.98 Å². The van der Waals surface area contributed by atoms with Crippen molar-refractivity contribution in [2.75, 3.05) is 18.2 Å². The van der Waals surface area contributed by atoms with E-state index in [1.165, 1.54) is 19.4 Å². The third-order valence-corrected chi connectivity index (χ3v) is 4.14. The number of nitriles is 1. The molecule has 1 heterocycles. The van der Waals surface area contributed by atoms with Gasteiger partial charge in [0.2, 0.25) is 0 Å². The van der Waals surface area contributed by atoms with E-state index in [9.17, 15) is 9.65 Å². The first-order valence-corrected chi connectivity index (χ1v) is 7.71. The van der Waals surface area contributed by atoms with Crippen LogP contribution in [0.1, 0.15) is 5.56 Å². The van der Waals surface area contributed by atoms with E-state index in [0.717, 1.165) is 0 Å². The van der Waals surface area contributed by atoms with E-state index in [-0.39, 0.29) is 5.82 Å². The molecule has 0 amide bonds. The first-order valence-electron chi connectivity index (χ1n) is 6.92. The SMILES string of the molecule is COc1cc2ncc(C#N)c(Nc3ccc(F)c(Br)c3)c2cc1N. The predicted octanol–water partition coefficient (Wildman–Crippen LogP) is 4.34. The average Bonchev–Trinajstić information content (AvgIpc) is 2.58. The van der Waals surface area contributed by atoms with Crippen molar-refractivity contribution in [3.8, 4) is 11.8 Å². The third-order valence-electron chi connectivity index (χ3n) is 3.53. The molecule has 0 aliphatic rings. The van der Waals surface area contributed by atoms with Gasteiger partial charge in [-0.1, -0.05) is 0 Å². The van der Waals surface area contributed by atoms with Gasteiger partial charge < -0.3 is 15.8 Å². The number of nitrogen functional groups attached to an aromatic ring is 1. The van der Waals surface area contributed by atoms with Crippen LogP contribution in [0.3, 0.4) is 0 Å². The zero-order chi connectivity index (χ0) is 17.3. The molecule has 0 saturated heterocycles. The van der Waals surface area contributed by atoms with E-state index in [1.54, 1.807) is 24.3 Å². The minimum atomic E-state index is -0.366. The molecule has 24 heavy (non-hydrogen) atoms. The van der Waals surface area contributed by atoms with Gasteiger partial charge >= 0.3 is 0 Å². The lowest BCUT2D eigenvalue weighted by atomic mass is 10.1. The Morgan fingerprint density at radius 1 is 1.33 bits per heavy atom. The predicted molar refractivity (Wildman–Crippen MR) is 94.8 cm³/mol. The number of ether oxygens (including phenoxy) is 1. The summed E-state index contributed by atoms with van der Waals surface area (Å²) < 4.78 is 18.9. The summed E-state index contributed by atoms with van der Waals surface area (Å²) in [5, 5.41) is 13.2. The molecule has 3 N–H and O–H groups in total. The van der Waals surface area contributed by atoms with E-state index >= 15 is 0 Å². The molecule has 120 valence electrons.